The van der Waals surface area contributed by atoms with E-state index in [1.807, 2.05) is 34.2 Å². The molecule has 3 rings (SSSR count). The smallest absolute Gasteiger partial charge is 0.289 e. The second kappa shape index (κ2) is 11.2. The number of nitrogens with zero attached hydrogens (tertiary/aromatic N) is 3. The van der Waals surface area contributed by atoms with Crippen molar-refractivity contribution in [3.63, 3.8) is 0 Å². The number of ether oxygens (including phenoxy) is 1. The van der Waals surface area contributed by atoms with Crippen molar-refractivity contribution in [1.82, 2.24) is 14.4 Å². The van der Waals surface area contributed by atoms with Crippen molar-refractivity contribution in [3.05, 3.63) is 47.7 Å². The summed E-state index contributed by atoms with van der Waals surface area (Å²) in [5.74, 6) is 1.07. The summed E-state index contributed by atoms with van der Waals surface area (Å²) in [4.78, 5) is 30.3. The van der Waals surface area contributed by atoms with Gasteiger partial charge in [-0.2, -0.15) is 0 Å². The summed E-state index contributed by atoms with van der Waals surface area (Å²) in [7, 11) is 1.53. The molecule has 8 heteroatoms. The largest absolute Gasteiger partial charge is 0.454 e. The number of piperazine rings is 1. The molecule has 3 heterocycles. The first kappa shape index (κ1) is 23.1. The monoisotopic (exact) mass is 431 g/mol. The number of quaternary nitrogens is 1. The van der Waals surface area contributed by atoms with Gasteiger partial charge < -0.3 is 28.4 Å². The summed E-state index contributed by atoms with van der Waals surface area (Å²) >= 11 is 0. The van der Waals surface area contributed by atoms with Gasteiger partial charge in [-0.25, -0.2) is 0 Å². The van der Waals surface area contributed by atoms with Gasteiger partial charge in [0.2, 0.25) is 5.91 Å². The van der Waals surface area contributed by atoms with Crippen molar-refractivity contribution < 1.29 is 23.6 Å². The molecule has 1 fully saturated rings. The average molecular weight is 432 g/mol. The first-order valence-corrected chi connectivity index (χ1v) is 11.2. The van der Waals surface area contributed by atoms with Crippen LogP contribution in [0, 0.1) is 0 Å². The topological polar surface area (TPSA) is 72.4 Å². The Hall–Kier alpha value is -2.58. The summed E-state index contributed by atoms with van der Waals surface area (Å²) in [5, 5.41) is 0. The molecule has 0 aliphatic carbocycles. The molecule has 1 aliphatic heterocycles. The highest BCUT2D eigenvalue weighted by Crippen LogP contribution is 2.15. The highest BCUT2D eigenvalue weighted by molar-refractivity contribution is 5.91. The Balaban J connectivity index is 1.63. The normalized spacial score (nSPS) is 14.7. The Morgan fingerprint density at radius 2 is 1.97 bits per heavy atom. The summed E-state index contributed by atoms with van der Waals surface area (Å²) in [6.45, 7) is 10.6. The Kier molecular flexibility index (Phi) is 8.31. The summed E-state index contributed by atoms with van der Waals surface area (Å²) < 4.78 is 13.0. The molecule has 0 radical (unpaired) electrons. The van der Waals surface area contributed by atoms with E-state index in [1.54, 1.807) is 6.07 Å². The lowest BCUT2D eigenvalue weighted by atomic mass is 10.3. The van der Waals surface area contributed by atoms with Gasteiger partial charge in [0.1, 0.15) is 12.4 Å². The third-order valence-corrected chi connectivity index (χ3v) is 5.85. The molecule has 2 aromatic heterocycles. The molecule has 1 N–H and O–H groups in total. The minimum atomic E-state index is -0.0339. The van der Waals surface area contributed by atoms with Crippen LogP contribution in [0.4, 0.5) is 0 Å². The summed E-state index contributed by atoms with van der Waals surface area (Å²) in [6, 6.07) is 7.61. The van der Waals surface area contributed by atoms with Gasteiger partial charge in [0.05, 0.1) is 45.8 Å². The van der Waals surface area contributed by atoms with Crippen LogP contribution in [0.15, 0.2) is 34.9 Å². The number of aromatic nitrogens is 1. The number of carbonyl (C=O) groups is 2. The molecule has 8 nitrogen and oxygen atoms in total. The van der Waals surface area contributed by atoms with E-state index in [0.29, 0.717) is 25.4 Å². The van der Waals surface area contributed by atoms with E-state index in [1.165, 1.54) is 12.0 Å². The van der Waals surface area contributed by atoms with E-state index in [0.717, 1.165) is 50.6 Å². The third-order valence-electron chi connectivity index (χ3n) is 5.85. The number of hydrogen-bond acceptors (Lipinski definition) is 4. The maximum absolute atomic E-state index is 12.8. The van der Waals surface area contributed by atoms with Crippen LogP contribution in [-0.2, 0) is 22.6 Å². The lowest BCUT2D eigenvalue weighted by molar-refractivity contribution is -0.902. The van der Waals surface area contributed by atoms with Crippen LogP contribution in [0.1, 0.15) is 42.3 Å². The molecule has 0 spiro atoms. The number of furan rings is 1. The van der Waals surface area contributed by atoms with Gasteiger partial charge in [0.25, 0.3) is 5.91 Å². The number of likely N-dealkylation sites (N-methyl/N-ethyl adjacent to an activating group) is 1. The van der Waals surface area contributed by atoms with Gasteiger partial charge >= 0.3 is 0 Å². The molecular formula is C23H35N4O4+. The van der Waals surface area contributed by atoms with E-state index in [-0.39, 0.29) is 18.4 Å². The second-order valence-corrected chi connectivity index (χ2v) is 8.04. The molecule has 1 aliphatic rings. The van der Waals surface area contributed by atoms with Crippen LogP contribution >= 0.6 is 0 Å². The SMILES string of the molecule is CCCN(Cc1cccn1Cc1ccc(C(=O)N2CC[NH+](CC)CC2)o1)C(=O)COC. The van der Waals surface area contributed by atoms with Crippen LogP contribution < -0.4 is 4.90 Å². The zero-order valence-corrected chi connectivity index (χ0v) is 18.9. The van der Waals surface area contributed by atoms with E-state index >= 15 is 0 Å². The number of carbonyl (C=O) groups excluding carboxylic acids is 2. The van der Waals surface area contributed by atoms with Crippen molar-refractivity contribution in [2.75, 3.05) is 53.0 Å². The molecule has 0 saturated carbocycles. The van der Waals surface area contributed by atoms with Crippen LogP contribution in [0.3, 0.4) is 0 Å². The average Bonchev–Trinajstić information content (AvgIpc) is 3.43. The van der Waals surface area contributed by atoms with E-state index in [2.05, 4.69) is 18.4 Å². The molecule has 0 bridgehead atoms. The maximum Gasteiger partial charge on any atom is 0.289 e. The highest BCUT2D eigenvalue weighted by atomic mass is 16.5. The number of rotatable bonds is 10. The Morgan fingerprint density at radius 3 is 2.65 bits per heavy atom. The van der Waals surface area contributed by atoms with Crippen molar-refractivity contribution in [1.29, 1.82) is 0 Å². The number of nitrogens with one attached hydrogen (secondary N) is 1. The Labute approximate surface area is 184 Å². The van der Waals surface area contributed by atoms with E-state index < -0.39 is 0 Å². The summed E-state index contributed by atoms with van der Waals surface area (Å²) in [5.41, 5.74) is 1.01. The predicted octanol–water partition coefficient (Wildman–Crippen LogP) is 0.875. The Bertz CT molecular complexity index is 851. The van der Waals surface area contributed by atoms with Crippen LogP contribution in [0.25, 0.3) is 0 Å². The van der Waals surface area contributed by atoms with Gasteiger partial charge in [-0.1, -0.05) is 6.92 Å². The zero-order valence-electron chi connectivity index (χ0n) is 18.9. The number of hydrogen-bond donors (Lipinski definition) is 1. The van der Waals surface area contributed by atoms with E-state index in [9.17, 15) is 9.59 Å². The fourth-order valence-corrected chi connectivity index (χ4v) is 4.00. The molecule has 2 aromatic rings. The molecule has 1 saturated heterocycles. The van der Waals surface area contributed by atoms with Gasteiger partial charge in [0.15, 0.2) is 5.76 Å². The second-order valence-electron chi connectivity index (χ2n) is 8.04. The minimum Gasteiger partial charge on any atom is -0.454 e. The first-order valence-electron chi connectivity index (χ1n) is 11.2. The van der Waals surface area contributed by atoms with Gasteiger partial charge in [-0.3, -0.25) is 9.59 Å². The quantitative estimate of drug-likeness (QED) is 0.606. The van der Waals surface area contributed by atoms with Crippen molar-refractivity contribution in [3.8, 4) is 0 Å². The van der Waals surface area contributed by atoms with Crippen molar-refractivity contribution in [2.24, 2.45) is 0 Å². The lowest BCUT2D eigenvalue weighted by Crippen LogP contribution is -3.14. The van der Waals surface area contributed by atoms with Crippen molar-refractivity contribution >= 4 is 11.8 Å². The molecular weight excluding hydrogens is 396 g/mol. The van der Waals surface area contributed by atoms with Crippen molar-refractivity contribution in [2.45, 2.75) is 33.4 Å². The molecule has 0 atom stereocenters. The minimum absolute atomic E-state index is 0.0204. The summed E-state index contributed by atoms with van der Waals surface area (Å²) in [6.07, 6.45) is 2.85. The highest BCUT2D eigenvalue weighted by Gasteiger charge is 2.25. The van der Waals surface area contributed by atoms with Gasteiger partial charge in [-0.05, 0) is 37.6 Å². The van der Waals surface area contributed by atoms with E-state index in [4.69, 9.17) is 9.15 Å². The number of methoxy groups -OCH3 is 1. The lowest BCUT2D eigenvalue weighted by Gasteiger charge is -2.31. The van der Waals surface area contributed by atoms with Crippen LogP contribution in [-0.4, -0.2) is 79.2 Å². The van der Waals surface area contributed by atoms with Crippen LogP contribution in [0.2, 0.25) is 0 Å². The fraction of sp³-hybridized carbons (Fsp3) is 0.565. The maximum atomic E-state index is 12.8. The van der Waals surface area contributed by atoms with Crippen LogP contribution in [0.5, 0.6) is 0 Å². The standard InChI is InChI=1S/C23H34N4O4/c1-4-10-27(22(28)18-30-3)16-19-7-6-11-26(19)17-20-8-9-21(31-20)23(29)25-14-12-24(5-2)13-15-25/h6-9,11H,4-5,10,12-18H2,1-3H3/p+1. The van der Waals surface area contributed by atoms with Gasteiger partial charge in [-0.15, -0.1) is 0 Å². The molecule has 0 unspecified atom stereocenters. The predicted molar refractivity (Wildman–Crippen MR) is 117 cm³/mol. The Morgan fingerprint density at radius 1 is 1.19 bits per heavy atom. The fourth-order valence-electron chi connectivity index (χ4n) is 4.00. The third kappa shape index (κ3) is 5.98. The first-order chi connectivity index (χ1) is 15.0. The molecule has 170 valence electrons. The molecule has 2 amide bonds. The number of amides is 2. The zero-order chi connectivity index (χ0) is 22.2. The molecule has 31 heavy (non-hydrogen) atoms. The molecule has 0 aromatic carbocycles. The van der Waals surface area contributed by atoms with Gasteiger partial charge in [0, 0.05) is 25.5 Å².